The minimum Gasteiger partial charge on any atom is -0.337 e. The monoisotopic (exact) mass is 453 g/mol. The van der Waals surface area contributed by atoms with Gasteiger partial charge in [0.15, 0.2) is 0 Å². The zero-order valence-electron chi connectivity index (χ0n) is 17.0. The van der Waals surface area contributed by atoms with E-state index in [0.29, 0.717) is 25.1 Å². The first-order chi connectivity index (χ1) is 14.2. The summed E-state index contributed by atoms with van der Waals surface area (Å²) in [5.74, 6) is -0.653. The number of benzene rings is 2. The van der Waals surface area contributed by atoms with Gasteiger partial charge in [-0.2, -0.15) is 17.0 Å². The van der Waals surface area contributed by atoms with Gasteiger partial charge < -0.3 is 4.90 Å². The van der Waals surface area contributed by atoms with E-state index in [1.165, 1.54) is 29.6 Å². The highest BCUT2D eigenvalue weighted by Gasteiger charge is 2.31. The van der Waals surface area contributed by atoms with Gasteiger partial charge in [-0.05, 0) is 37.6 Å². The van der Waals surface area contributed by atoms with E-state index in [4.69, 9.17) is 11.6 Å². The molecule has 9 heteroatoms. The third-order valence-corrected chi connectivity index (χ3v) is 7.46. The Kier molecular flexibility index (Phi) is 7.13. The second-order valence-electron chi connectivity index (χ2n) is 7.38. The molecule has 162 valence electrons. The van der Waals surface area contributed by atoms with Gasteiger partial charge >= 0.3 is 0 Å². The van der Waals surface area contributed by atoms with E-state index in [1.807, 2.05) is 25.1 Å². The molecule has 0 atom stereocenters. The Hall–Kier alpha value is -2.00. The molecule has 3 rings (SSSR count). The molecule has 1 heterocycles. The molecule has 2 aromatic rings. The van der Waals surface area contributed by atoms with Crippen molar-refractivity contribution in [2.75, 3.05) is 33.2 Å². The number of hydrogen-bond donors (Lipinski definition) is 0. The number of aryl methyl sites for hydroxylation is 1. The first-order valence-corrected chi connectivity index (χ1v) is 11.5. The van der Waals surface area contributed by atoms with Gasteiger partial charge in [-0.3, -0.25) is 4.79 Å². The largest absolute Gasteiger partial charge is 0.337 e. The smallest absolute Gasteiger partial charge is 0.282 e. The number of rotatable bonds is 5. The molecular formula is C21H25ClFN3O3S. The predicted octanol–water partition coefficient (Wildman–Crippen LogP) is 3.31. The number of halogens is 2. The summed E-state index contributed by atoms with van der Waals surface area (Å²) in [4.78, 5) is 14.5. The van der Waals surface area contributed by atoms with Gasteiger partial charge in [0.05, 0.1) is 0 Å². The van der Waals surface area contributed by atoms with Crippen LogP contribution in [-0.2, 0) is 16.8 Å². The van der Waals surface area contributed by atoms with Crippen LogP contribution < -0.4 is 0 Å². The fourth-order valence-corrected chi connectivity index (χ4v) is 5.05. The molecule has 0 unspecified atom stereocenters. The molecular weight excluding hydrogens is 429 g/mol. The number of amides is 1. The van der Waals surface area contributed by atoms with Crippen LogP contribution in [0.3, 0.4) is 0 Å². The molecule has 6 nitrogen and oxygen atoms in total. The van der Waals surface area contributed by atoms with Crippen LogP contribution in [0.25, 0.3) is 0 Å². The zero-order valence-corrected chi connectivity index (χ0v) is 18.6. The van der Waals surface area contributed by atoms with Gasteiger partial charge in [0, 0.05) is 55.9 Å². The first kappa shape index (κ1) is 22.7. The lowest BCUT2D eigenvalue weighted by molar-refractivity contribution is 0.0764. The van der Waals surface area contributed by atoms with Crippen molar-refractivity contribution in [2.45, 2.75) is 19.9 Å². The van der Waals surface area contributed by atoms with Gasteiger partial charge in [0.25, 0.3) is 16.1 Å². The Morgan fingerprint density at radius 3 is 2.57 bits per heavy atom. The van der Waals surface area contributed by atoms with Gasteiger partial charge in [-0.25, -0.2) is 4.39 Å². The fourth-order valence-electron chi connectivity index (χ4n) is 3.47. The molecule has 1 fully saturated rings. The van der Waals surface area contributed by atoms with Crippen molar-refractivity contribution in [3.05, 3.63) is 70.0 Å². The van der Waals surface area contributed by atoms with Crippen molar-refractivity contribution in [3.63, 3.8) is 0 Å². The molecule has 1 amide bonds. The van der Waals surface area contributed by atoms with Crippen molar-refractivity contribution >= 4 is 27.7 Å². The second kappa shape index (κ2) is 9.43. The topological polar surface area (TPSA) is 60.9 Å². The van der Waals surface area contributed by atoms with Crippen LogP contribution in [0.4, 0.5) is 4.39 Å². The lowest BCUT2D eigenvalue weighted by Crippen LogP contribution is -2.43. The van der Waals surface area contributed by atoms with Gasteiger partial charge in [-0.1, -0.05) is 35.4 Å². The van der Waals surface area contributed by atoms with Crippen molar-refractivity contribution in [1.29, 1.82) is 0 Å². The lowest BCUT2D eigenvalue weighted by Gasteiger charge is -2.27. The average molecular weight is 454 g/mol. The van der Waals surface area contributed by atoms with E-state index in [2.05, 4.69) is 0 Å². The number of hydrogen-bond acceptors (Lipinski definition) is 3. The van der Waals surface area contributed by atoms with Crippen molar-refractivity contribution < 1.29 is 17.6 Å². The van der Waals surface area contributed by atoms with Crippen LogP contribution in [-0.4, -0.2) is 61.1 Å². The Balaban J connectivity index is 1.69. The standard InChI is InChI=1S/C21H25ClFN3O3S/c1-16-6-3-7-17(14-16)21(27)25-10-5-11-26(13-12-25)30(28,29)24(2)15-18-19(22)8-4-9-20(18)23/h3-4,6-9,14H,5,10-13,15H2,1-2H3. The van der Waals surface area contributed by atoms with E-state index < -0.39 is 16.0 Å². The number of carbonyl (C=O) groups is 1. The minimum absolute atomic E-state index is 0.107. The normalized spacial score (nSPS) is 16.0. The molecule has 0 aliphatic carbocycles. The van der Waals surface area contributed by atoms with Crippen molar-refractivity contribution in [1.82, 2.24) is 13.5 Å². The van der Waals surface area contributed by atoms with Crippen LogP contribution in [0.5, 0.6) is 0 Å². The molecule has 1 aliphatic rings. The molecule has 0 spiro atoms. The minimum atomic E-state index is -3.83. The maximum absolute atomic E-state index is 14.1. The average Bonchev–Trinajstić information content (AvgIpc) is 2.97. The summed E-state index contributed by atoms with van der Waals surface area (Å²) >= 11 is 6.04. The summed E-state index contributed by atoms with van der Waals surface area (Å²) in [6, 6.07) is 11.6. The highest BCUT2D eigenvalue weighted by atomic mass is 35.5. The first-order valence-electron chi connectivity index (χ1n) is 9.70. The summed E-state index contributed by atoms with van der Waals surface area (Å²) in [6.07, 6.45) is 0.519. The van der Waals surface area contributed by atoms with Crippen molar-refractivity contribution in [2.24, 2.45) is 0 Å². The highest BCUT2D eigenvalue weighted by Crippen LogP contribution is 2.23. The highest BCUT2D eigenvalue weighted by molar-refractivity contribution is 7.86. The zero-order chi connectivity index (χ0) is 21.9. The van der Waals surface area contributed by atoms with Gasteiger partial charge in [0.1, 0.15) is 5.82 Å². The summed E-state index contributed by atoms with van der Waals surface area (Å²) in [5, 5.41) is 0.183. The molecule has 0 radical (unpaired) electrons. The summed E-state index contributed by atoms with van der Waals surface area (Å²) in [6.45, 7) is 2.98. The molecule has 0 aromatic heterocycles. The third kappa shape index (κ3) is 5.00. The SMILES string of the molecule is Cc1cccc(C(=O)N2CCCN(S(=O)(=O)N(C)Cc3c(F)cccc3Cl)CC2)c1. The molecule has 1 saturated heterocycles. The molecule has 30 heavy (non-hydrogen) atoms. The Morgan fingerprint density at radius 1 is 1.13 bits per heavy atom. The van der Waals surface area contributed by atoms with Crippen LogP contribution in [0.15, 0.2) is 42.5 Å². The van der Waals surface area contributed by atoms with Crippen LogP contribution in [0.2, 0.25) is 5.02 Å². The van der Waals surface area contributed by atoms with Crippen LogP contribution in [0.1, 0.15) is 27.9 Å². The predicted molar refractivity (Wildman–Crippen MR) is 115 cm³/mol. The van der Waals surface area contributed by atoms with E-state index in [1.54, 1.807) is 11.0 Å². The fraction of sp³-hybridized carbons (Fsp3) is 0.381. The van der Waals surface area contributed by atoms with Crippen LogP contribution in [0, 0.1) is 12.7 Å². The molecule has 0 bridgehead atoms. The molecule has 1 aliphatic heterocycles. The van der Waals surface area contributed by atoms with E-state index >= 15 is 0 Å². The Morgan fingerprint density at radius 2 is 1.87 bits per heavy atom. The summed E-state index contributed by atoms with van der Waals surface area (Å²) < 4.78 is 42.6. The Labute approximate surface area is 182 Å². The van der Waals surface area contributed by atoms with E-state index in [0.717, 1.165) is 9.87 Å². The summed E-state index contributed by atoms with van der Waals surface area (Å²) in [7, 11) is -2.43. The maximum Gasteiger partial charge on any atom is 0.282 e. The second-order valence-corrected chi connectivity index (χ2v) is 9.82. The number of carbonyl (C=O) groups excluding carboxylic acids is 1. The maximum atomic E-state index is 14.1. The lowest BCUT2D eigenvalue weighted by atomic mass is 10.1. The third-order valence-electron chi connectivity index (χ3n) is 5.17. The Bertz CT molecular complexity index is 1010. The molecule has 2 aromatic carbocycles. The van der Waals surface area contributed by atoms with Gasteiger partial charge in [0.2, 0.25) is 0 Å². The van der Waals surface area contributed by atoms with Gasteiger partial charge in [-0.15, -0.1) is 0 Å². The summed E-state index contributed by atoms with van der Waals surface area (Å²) in [5.41, 5.74) is 1.72. The molecule has 0 saturated carbocycles. The van der Waals surface area contributed by atoms with E-state index in [9.17, 15) is 17.6 Å². The van der Waals surface area contributed by atoms with E-state index in [-0.39, 0.29) is 36.1 Å². The molecule has 0 N–H and O–H groups in total. The number of nitrogens with zero attached hydrogens (tertiary/aromatic N) is 3. The van der Waals surface area contributed by atoms with Crippen molar-refractivity contribution in [3.8, 4) is 0 Å². The van der Waals surface area contributed by atoms with Crippen LogP contribution >= 0.6 is 11.6 Å². The quantitative estimate of drug-likeness (QED) is 0.697.